The first-order valence-corrected chi connectivity index (χ1v) is 6.42. The summed E-state index contributed by atoms with van der Waals surface area (Å²) in [6, 6.07) is 9.63. The number of nitrogens with zero attached hydrogens (tertiary/aromatic N) is 1. The summed E-state index contributed by atoms with van der Waals surface area (Å²) in [4.78, 5) is 14.8. The lowest BCUT2D eigenvalue weighted by molar-refractivity contribution is 0.0782. The van der Waals surface area contributed by atoms with Gasteiger partial charge in [0.1, 0.15) is 0 Å². The predicted molar refractivity (Wildman–Crippen MR) is 70.2 cm³/mol. The lowest BCUT2D eigenvalue weighted by Gasteiger charge is -2.28. The van der Waals surface area contributed by atoms with Gasteiger partial charge in [0.15, 0.2) is 5.78 Å². The molecule has 0 spiro atoms. The molecule has 1 aliphatic rings. The first-order valence-electron chi connectivity index (χ1n) is 6.42. The second kappa shape index (κ2) is 5.01. The summed E-state index contributed by atoms with van der Waals surface area (Å²) in [5.74, 6) is 0.255. The number of carbonyl (C=O) groups is 1. The zero-order chi connectivity index (χ0) is 12.3. The van der Waals surface area contributed by atoms with Gasteiger partial charge in [-0.2, -0.15) is 0 Å². The van der Waals surface area contributed by atoms with Crippen LogP contribution in [0.25, 0.3) is 0 Å². The summed E-state index contributed by atoms with van der Waals surface area (Å²) < 4.78 is 0. The van der Waals surface area contributed by atoms with E-state index in [2.05, 4.69) is 18.7 Å². The maximum absolute atomic E-state index is 12.4. The Kier molecular flexibility index (Phi) is 3.63. The van der Waals surface area contributed by atoms with E-state index in [1.165, 1.54) is 12.8 Å². The summed E-state index contributed by atoms with van der Waals surface area (Å²) in [5.41, 5.74) is 0.544. The standard InChI is InChI=1S/C15H21NO/c1-15(2,12-16-10-6-7-11-16)14(17)13-8-4-3-5-9-13/h3-5,8-9H,6-7,10-12H2,1-2H3. The summed E-state index contributed by atoms with van der Waals surface area (Å²) >= 11 is 0. The number of ketones is 1. The quantitative estimate of drug-likeness (QED) is 0.742. The highest BCUT2D eigenvalue weighted by molar-refractivity contribution is 6.00. The monoisotopic (exact) mass is 231 g/mol. The molecule has 0 atom stereocenters. The smallest absolute Gasteiger partial charge is 0.169 e. The molecule has 0 amide bonds. The highest BCUT2D eigenvalue weighted by Crippen LogP contribution is 2.25. The van der Waals surface area contributed by atoms with E-state index < -0.39 is 0 Å². The lowest BCUT2D eigenvalue weighted by Crippen LogP contribution is -2.37. The van der Waals surface area contributed by atoms with Gasteiger partial charge in [-0.1, -0.05) is 44.2 Å². The first-order chi connectivity index (χ1) is 8.09. The summed E-state index contributed by atoms with van der Waals surface area (Å²) in [5, 5.41) is 0. The molecular formula is C15H21NO. The van der Waals surface area contributed by atoms with Crippen LogP contribution in [0.15, 0.2) is 30.3 Å². The van der Waals surface area contributed by atoms with E-state index in [1.54, 1.807) is 0 Å². The minimum atomic E-state index is -0.286. The first kappa shape index (κ1) is 12.3. The van der Waals surface area contributed by atoms with Gasteiger partial charge >= 0.3 is 0 Å². The van der Waals surface area contributed by atoms with Crippen LogP contribution in [0.1, 0.15) is 37.0 Å². The van der Waals surface area contributed by atoms with E-state index >= 15 is 0 Å². The van der Waals surface area contributed by atoms with Crippen molar-refractivity contribution in [2.45, 2.75) is 26.7 Å². The Balaban J connectivity index is 2.06. The Morgan fingerprint density at radius 2 is 1.76 bits per heavy atom. The Morgan fingerprint density at radius 3 is 2.35 bits per heavy atom. The van der Waals surface area contributed by atoms with Crippen molar-refractivity contribution in [3.8, 4) is 0 Å². The molecule has 1 saturated heterocycles. The van der Waals surface area contributed by atoms with Crippen molar-refractivity contribution in [2.75, 3.05) is 19.6 Å². The van der Waals surface area contributed by atoms with Gasteiger partial charge in [0.25, 0.3) is 0 Å². The molecule has 0 aromatic heterocycles. The Labute approximate surface area is 104 Å². The molecule has 2 heteroatoms. The van der Waals surface area contributed by atoms with Crippen molar-refractivity contribution in [3.05, 3.63) is 35.9 Å². The molecule has 0 saturated carbocycles. The van der Waals surface area contributed by atoms with E-state index in [9.17, 15) is 4.79 Å². The molecule has 1 heterocycles. The predicted octanol–water partition coefficient (Wildman–Crippen LogP) is 2.99. The molecule has 1 fully saturated rings. The van der Waals surface area contributed by atoms with Gasteiger partial charge < -0.3 is 4.90 Å². The van der Waals surface area contributed by atoms with Crippen molar-refractivity contribution in [1.29, 1.82) is 0 Å². The number of carbonyl (C=O) groups excluding carboxylic acids is 1. The maximum Gasteiger partial charge on any atom is 0.169 e. The fraction of sp³-hybridized carbons (Fsp3) is 0.533. The van der Waals surface area contributed by atoms with Crippen molar-refractivity contribution in [1.82, 2.24) is 4.90 Å². The van der Waals surface area contributed by atoms with Crippen LogP contribution < -0.4 is 0 Å². The minimum absolute atomic E-state index is 0.255. The van der Waals surface area contributed by atoms with Crippen LogP contribution in [0.4, 0.5) is 0 Å². The number of likely N-dealkylation sites (tertiary alicyclic amines) is 1. The number of Topliss-reactive ketones (excluding diaryl/α,β-unsaturated/α-hetero) is 1. The van der Waals surface area contributed by atoms with Crippen LogP contribution >= 0.6 is 0 Å². The average molecular weight is 231 g/mol. The van der Waals surface area contributed by atoms with Crippen molar-refractivity contribution in [3.63, 3.8) is 0 Å². The molecule has 0 N–H and O–H groups in total. The molecule has 1 aromatic carbocycles. The van der Waals surface area contributed by atoms with Crippen LogP contribution in [-0.2, 0) is 0 Å². The summed E-state index contributed by atoms with van der Waals surface area (Å²) in [7, 11) is 0. The van der Waals surface area contributed by atoms with Crippen LogP contribution in [0, 0.1) is 5.41 Å². The van der Waals surface area contributed by atoms with Gasteiger partial charge in [0.05, 0.1) is 0 Å². The SMILES string of the molecule is CC(C)(CN1CCCC1)C(=O)c1ccccc1. The largest absolute Gasteiger partial charge is 0.302 e. The van der Waals surface area contributed by atoms with E-state index in [4.69, 9.17) is 0 Å². The molecule has 2 rings (SSSR count). The van der Waals surface area contributed by atoms with Gasteiger partial charge in [-0.05, 0) is 25.9 Å². The second-order valence-corrected chi connectivity index (χ2v) is 5.56. The number of rotatable bonds is 4. The van der Waals surface area contributed by atoms with Crippen molar-refractivity contribution in [2.24, 2.45) is 5.41 Å². The fourth-order valence-electron chi connectivity index (χ4n) is 2.55. The van der Waals surface area contributed by atoms with Gasteiger partial charge in [-0.3, -0.25) is 4.79 Å². The molecule has 0 aliphatic carbocycles. The van der Waals surface area contributed by atoms with Gasteiger partial charge in [0, 0.05) is 17.5 Å². The number of hydrogen-bond donors (Lipinski definition) is 0. The van der Waals surface area contributed by atoms with Crippen molar-refractivity contribution < 1.29 is 4.79 Å². The Bertz CT molecular complexity index is 377. The highest BCUT2D eigenvalue weighted by Gasteiger charge is 2.31. The summed E-state index contributed by atoms with van der Waals surface area (Å²) in [6.45, 7) is 7.28. The molecule has 2 nitrogen and oxygen atoms in total. The van der Waals surface area contributed by atoms with E-state index in [1.807, 2.05) is 30.3 Å². The highest BCUT2D eigenvalue weighted by atomic mass is 16.1. The lowest BCUT2D eigenvalue weighted by atomic mass is 9.84. The van der Waals surface area contributed by atoms with Gasteiger partial charge in [-0.15, -0.1) is 0 Å². The molecule has 0 unspecified atom stereocenters. The van der Waals surface area contributed by atoms with Crippen LogP contribution in [0.3, 0.4) is 0 Å². The van der Waals surface area contributed by atoms with Crippen molar-refractivity contribution >= 4 is 5.78 Å². The number of hydrogen-bond acceptors (Lipinski definition) is 2. The van der Waals surface area contributed by atoms with E-state index in [-0.39, 0.29) is 11.2 Å². The normalized spacial score (nSPS) is 17.3. The average Bonchev–Trinajstić information content (AvgIpc) is 2.81. The summed E-state index contributed by atoms with van der Waals surface area (Å²) in [6.07, 6.45) is 2.55. The van der Waals surface area contributed by atoms with Crippen LogP contribution in [0.2, 0.25) is 0 Å². The molecular weight excluding hydrogens is 210 g/mol. The fourth-order valence-corrected chi connectivity index (χ4v) is 2.55. The number of benzene rings is 1. The Hall–Kier alpha value is -1.15. The third-order valence-electron chi connectivity index (χ3n) is 3.47. The molecule has 92 valence electrons. The molecule has 0 bridgehead atoms. The van der Waals surface area contributed by atoms with Gasteiger partial charge in [-0.25, -0.2) is 0 Å². The second-order valence-electron chi connectivity index (χ2n) is 5.56. The van der Waals surface area contributed by atoms with E-state index in [0.29, 0.717) is 0 Å². The molecule has 1 aromatic rings. The maximum atomic E-state index is 12.4. The minimum Gasteiger partial charge on any atom is -0.302 e. The topological polar surface area (TPSA) is 20.3 Å². The molecule has 0 radical (unpaired) electrons. The van der Waals surface area contributed by atoms with E-state index in [0.717, 1.165) is 25.2 Å². The molecule has 17 heavy (non-hydrogen) atoms. The zero-order valence-electron chi connectivity index (χ0n) is 10.8. The Morgan fingerprint density at radius 1 is 1.18 bits per heavy atom. The third-order valence-corrected chi connectivity index (χ3v) is 3.47. The van der Waals surface area contributed by atoms with Crippen LogP contribution in [0.5, 0.6) is 0 Å². The van der Waals surface area contributed by atoms with Gasteiger partial charge in [0.2, 0.25) is 0 Å². The zero-order valence-corrected chi connectivity index (χ0v) is 10.8. The van der Waals surface area contributed by atoms with Crippen LogP contribution in [-0.4, -0.2) is 30.3 Å². The molecule has 1 aliphatic heterocycles. The third kappa shape index (κ3) is 2.95.